The lowest BCUT2D eigenvalue weighted by molar-refractivity contribution is 0.891. The van der Waals surface area contributed by atoms with E-state index in [4.69, 9.17) is 12.2 Å². The molecule has 3 rings (SSSR count). The van der Waals surface area contributed by atoms with Crippen molar-refractivity contribution < 1.29 is 0 Å². The van der Waals surface area contributed by atoms with Crippen molar-refractivity contribution in [3.05, 3.63) is 34.7 Å². The maximum absolute atomic E-state index is 5.09. The summed E-state index contributed by atoms with van der Waals surface area (Å²) in [5.41, 5.74) is 1.73. The van der Waals surface area contributed by atoms with Gasteiger partial charge in [-0.1, -0.05) is 24.3 Å². The molecule has 3 aromatic rings. The number of nitrogens with one attached hydrogen (secondary N) is 1. The Balaban J connectivity index is 2.71. The van der Waals surface area contributed by atoms with E-state index >= 15 is 0 Å². The summed E-state index contributed by atoms with van der Waals surface area (Å²) >= 11 is 5.09. The van der Waals surface area contributed by atoms with Gasteiger partial charge in [-0.05, 0) is 19.1 Å². The van der Waals surface area contributed by atoms with Crippen LogP contribution in [0.3, 0.4) is 0 Å². The van der Waals surface area contributed by atoms with Crippen molar-refractivity contribution in [2.24, 2.45) is 0 Å². The molecule has 2 aromatic heterocycles. The lowest BCUT2D eigenvalue weighted by Crippen LogP contribution is -1.96. The average molecular weight is 216 g/mol. The predicted molar refractivity (Wildman–Crippen MR) is 60.4 cm³/mol. The summed E-state index contributed by atoms with van der Waals surface area (Å²) < 4.78 is 2.19. The number of hydrogen-bond donors (Lipinski definition) is 1. The van der Waals surface area contributed by atoms with Gasteiger partial charge in [-0.15, -0.1) is 0 Å². The quantitative estimate of drug-likeness (QED) is 0.586. The molecule has 0 unspecified atom stereocenters. The summed E-state index contributed by atoms with van der Waals surface area (Å²) in [7, 11) is 0. The number of hydrogen-bond acceptors (Lipinski definition) is 3. The Labute approximate surface area is 90.6 Å². The van der Waals surface area contributed by atoms with Crippen molar-refractivity contribution in [3.8, 4) is 0 Å². The van der Waals surface area contributed by atoms with Gasteiger partial charge in [-0.3, -0.25) is 0 Å². The Bertz CT molecular complexity index is 710. The number of aromatic nitrogens is 4. The van der Waals surface area contributed by atoms with Crippen LogP contribution < -0.4 is 0 Å². The van der Waals surface area contributed by atoms with Gasteiger partial charge in [0.1, 0.15) is 0 Å². The summed E-state index contributed by atoms with van der Waals surface area (Å²) in [4.78, 5) is 0. The van der Waals surface area contributed by atoms with E-state index in [1.54, 1.807) is 4.52 Å². The summed E-state index contributed by atoms with van der Waals surface area (Å²) in [6, 6.07) is 8.04. The van der Waals surface area contributed by atoms with Gasteiger partial charge in [-0.25, -0.2) is 5.10 Å². The van der Waals surface area contributed by atoms with Gasteiger partial charge in [0.25, 0.3) is 0 Å². The average Bonchev–Trinajstić information content (AvgIpc) is 2.62. The Hall–Kier alpha value is -1.75. The van der Waals surface area contributed by atoms with Crippen molar-refractivity contribution in [1.29, 1.82) is 0 Å². The minimum absolute atomic E-state index is 0.527. The molecule has 4 nitrogen and oxygen atoms in total. The first-order chi connectivity index (χ1) is 7.27. The highest BCUT2D eigenvalue weighted by Crippen LogP contribution is 2.19. The van der Waals surface area contributed by atoms with Crippen LogP contribution in [-0.2, 0) is 0 Å². The lowest BCUT2D eigenvalue weighted by Gasteiger charge is -2.01. The number of H-pyrrole nitrogens is 1. The smallest absolute Gasteiger partial charge is 0.216 e. The molecular formula is C10H8N4S. The third-order valence-corrected chi connectivity index (χ3v) is 2.72. The topological polar surface area (TPSA) is 46.0 Å². The number of nitrogens with zero attached hydrogens (tertiary/aromatic N) is 3. The summed E-state index contributed by atoms with van der Waals surface area (Å²) in [5.74, 6) is 0. The van der Waals surface area contributed by atoms with Crippen molar-refractivity contribution >= 4 is 28.6 Å². The Morgan fingerprint density at radius 2 is 2.00 bits per heavy atom. The maximum Gasteiger partial charge on any atom is 0.216 e. The van der Waals surface area contributed by atoms with Crippen LogP contribution in [-0.4, -0.2) is 19.8 Å². The van der Waals surface area contributed by atoms with E-state index in [2.05, 4.69) is 15.3 Å². The van der Waals surface area contributed by atoms with E-state index in [1.807, 2.05) is 31.2 Å². The van der Waals surface area contributed by atoms with E-state index < -0.39 is 0 Å². The third-order valence-electron chi connectivity index (χ3n) is 2.46. The van der Waals surface area contributed by atoms with Gasteiger partial charge in [0.15, 0.2) is 5.65 Å². The Morgan fingerprint density at radius 1 is 1.27 bits per heavy atom. The fraction of sp³-hybridized carbons (Fsp3) is 0.100. The van der Waals surface area contributed by atoms with Gasteiger partial charge in [0.05, 0.1) is 5.69 Å². The van der Waals surface area contributed by atoms with E-state index in [-0.39, 0.29) is 0 Å². The molecule has 0 fully saturated rings. The van der Waals surface area contributed by atoms with E-state index in [1.165, 1.54) is 0 Å². The van der Waals surface area contributed by atoms with Crippen molar-refractivity contribution in [2.45, 2.75) is 6.92 Å². The minimum Gasteiger partial charge on any atom is -0.250 e. The first-order valence-electron chi connectivity index (χ1n) is 4.60. The summed E-state index contributed by atoms with van der Waals surface area (Å²) in [5, 5.41) is 13.5. The van der Waals surface area contributed by atoms with Gasteiger partial charge in [-0.2, -0.15) is 14.7 Å². The summed E-state index contributed by atoms with van der Waals surface area (Å²) in [6.45, 7) is 1.97. The highest BCUT2D eigenvalue weighted by atomic mass is 32.1. The number of rotatable bonds is 0. The standard InChI is InChI=1S/C10H8N4S/c1-6-7-4-2-3-5-8(7)9-11-12-10(15)14(9)13-6/h2-5H,1H3,(H,12,15). The molecule has 0 amide bonds. The zero-order valence-corrected chi connectivity index (χ0v) is 8.88. The van der Waals surface area contributed by atoms with Crippen LogP contribution in [0.2, 0.25) is 0 Å². The van der Waals surface area contributed by atoms with Crippen LogP contribution >= 0.6 is 12.2 Å². The zero-order chi connectivity index (χ0) is 10.4. The monoisotopic (exact) mass is 216 g/mol. The van der Waals surface area contributed by atoms with E-state index in [9.17, 15) is 0 Å². The van der Waals surface area contributed by atoms with Crippen LogP contribution in [0.25, 0.3) is 16.4 Å². The Kier molecular flexibility index (Phi) is 1.63. The van der Waals surface area contributed by atoms with Crippen molar-refractivity contribution in [3.63, 3.8) is 0 Å². The number of aryl methyl sites for hydroxylation is 1. The zero-order valence-electron chi connectivity index (χ0n) is 8.06. The molecule has 2 heterocycles. The molecule has 0 aliphatic rings. The predicted octanol–water partition coefficient (Wildman–Crippen LogP) is 2.25. The molecule has 0 saturated heterocycles. The van der Waals surface area contributed by atoms with Gasteiger partial charge in [0, 0.05) is 10.8 Å². The highest BCUT2D eigenvalue weighted by Gasteiger charge is 2.06. The lowest BCUT2D eigenvalue weighted by atomic mass is 10.1. The molecule has 0 saturated carbocycles. The molecule has 0 aliphatic heterocycles. The second-order valence-electron chi connectivity index (χ2n) is 3.40. The highest BCUT2D eigenvalue weighted by molar-refractivity contribution is 7.71. The molecular weight excluding hydrogens is 208 g/mol. The van der Waals surface area contributed by atoms with Crippen LogP contribution in [0.15, 0.2) is 24.3 Å². The second-order valence-corrected chi connectivity index (χ2v) is 3.78. The molecule has 0 aliphatic carbocycles. The largest absolute Gasteiger partial charge is 0.250 e. The molecule has 0 bridgehead atoms. The van der Waals surface area contributed by atoms with Crippen LogP contribution in [0.1, 0.15) is 5.69 Å². The fourth-order valence-electron chi connectivity index (χ4n) is 1.76. The normalized spacial score (nSPS) is 11.3. The van der Waals surface area contributed by atoms with Gasteiger partial charge >= 0.3 is 0 Å². The molecule has 0 radical (unpaired) electrons. The molecule has 74 valence electrons. The molecule has 15 heavy (non-hydrogen) atoms. The maximum atomic E-state index is 5.09. The molecule has 0 atom stereocenters. The van der Waals surface area contributed by atoms with Gasteiger partial charge < -0.3 is 0 Å². The first-order valence-corrected chi connectivity index (χ1v) is 5.01. The van der Waals surface area contributed by atoms with Crippen LogP contribution in [0.4, 0.5) is 0 Å². The summed E-state index contributed by atoms with van der Waals surface area (Å²) in [6.07, 6.45) is 0. The minimum atomic E-state index is 0.527. The molecule has 0 spiro atoms. The Morgan fingerprint density at radius 3 is 2.80 bits per heavy atom. The van der Waals surface area contributed by atoms with Crippen molar-refractivity contribution in [1.82, 2.24) is 19.8 Å². The van der Waals surface area contributed by atoms with Crippen LogP contribution in [0.5, 0.6) is 0 Å². The molecule has 1 N–H and O–H groups in total. The van der Waals surface area contributed by atoms with Gasteiger partial charge in [0.2, 0.25) is 4.77 Å². The number of aromatic amines is 1. The van der Waals surface area contributed by atoms with Crippen molar-refractivity contribution in [2.75, 3.05) is 0 Å². The molecule has 1 aromatic carbocycles. The molecule has 5 heteroatoms. The third kappa shape index (κ3) is 1.10. The van der Waals surface area contributed by atoms with E-state index in [0.717, 1.165) is 22.1 Å². The first kappa shape index (κ1) is 8.55. The SMILES string of the molecule is Cc1nn2c(=S)[nH]nc2c2ccccc12. The number of benzene rings is 1. The second kappa shape index (κ2) is 2.87. The fourth-order valence-corrected chi connectivity index (χ4v) is 1.93. The van der Waals surface area contributed by atoms with E-state index in [0.29, 0.717) is 4.77 Å². The van der Waals surface area contributed by atoms with Crippen LogP contribution in [0, 0.1) is 11.7 Å². The number of fused-ring (bicyclic) bond motifs is 3.